The van der Waals surface area contributed by atoms with Crippen LogP contribution in [0.4, 0.5) is 4.79 Å². The molecule has 2 aliphatic rings. The van der Waals surface area contributed by atoms with Gasteiger partial charge in [0.2, 0.25) is 0 Å². The molecule has 132 valence electrons. The zero-order chi connectivity index (χ0) is 16.6. The van der Waals surface area contributed by atoms with Crippen molar-refractivity contribution < 1.29 is 14.3 Å². The Hall–Kier alpha value is -0.990. The molecular formula is C20H34O3. The lowest BCUT2D eigenvalue weighted by Gasteiger charge is -2.36. The summed E-state index contributed by atoms with van der Waals surface area (Å²) in [7, 11) is 0. The molecule has 2 atom stereocenters. The van der Waals surface area contributed by atoms with E-state index in [0.29, 0.717) is 0 Å². The minimum Gasteiger partial charge on any atom is -0.424 e. The molecule has 23 heavy (non-hydrogen) atoms. The predicted octanol–water partition coefficient (Wildman–Crippen LogP) is 6.31. The summed E-state index contributed by atoms with van der Waals surface area (Å²) in [6.45, 7) is 4.12. The summed E-state index contributed by atoms with van der Waals surface area (Å²) in [5, 5.41) is 0. The van der Waals surface area contributed by atoms with Crippen LogP contribution in [-0.2, 0) is 9.47 Å². The van der Waals surface area contributed by atoms with Crippen LogP contribution in [0.15, 0.2) is 12.2 Å². The standard InChI is InChI=1S/C20H34O3/c1-19-16-14-12-10-8-6-4-3-5-7-9-11-13-15-17-20(19,2)23-18(21)22-19/h6,8H,3-5,7,9-17H2,1-2H3/b8-6+/t19-,20-/m1/s1. The van der Waals surface area contributed by atoms with Crippen LogP contribution in [0.1, 0.15) is 97.3 Å². The van der Waals surface area contributed by atoms with E-state index in [1.54, 1.807) is 0 Å². The van der Waals surface area contributed by atoms with Crippen molar-refractivity contribution in [3.63, 3.8) is 0 Å². The number of hydrogen-bond donors (Lipinski definition) is 0. The molecule has 1 fully saturated rings. The Morgan fingerprint density at radius 1 is 0.696 bits per heavy atom. The first-order valence-electron chi connectivity index (χ1n) is 9.63. The molecule has 3 heteroatoms. The van der Waals surface area contributed by atoms with Gasteiger partial charge in [0.05, 0.1) is 0 Å². The molecule has 0 aromatic rings. The summed E-state index contributed by atoms with van der Waals surface area (Å²) < 4.78 is 11.2. The largest absolute Gasteiger partial charge is 0.509 e. The highest BCUT2D eigenvalue weighted by atomic mass is 16.8. The summed E-state index contributed by atoms with van der Waals surface area (Å²) in [5.41, 5.74) is -0.935. The molecule has 0 bridgehead atoms. The molecule has 0 spiro atoms. The molecule has 0 unspecified atom stereocenters. The number of allylic oxidation sites excluding steroid dienone is 2. The number of ether oxygens (including phenoxy) is 2. The first-order chi connectivity index (χ1) is 11.1. The lowest BCUT2D eigenvalue weighted by molar-refractivity contribution is -0.0375. The van der Waals surface area contributed by atoms with Crippen LogP contribution in [0.25, 0.3) is 0 Å². The predicted molar refractivity (Wildman–Crippen MR) is 93.5 cm³/mol. The first-order valence-corrected chi connectivity index (χ1v) is 9.63. The Morgan fingerprint density at radius 2 is 1.09 bits per heavy atom. The Labute approximate surface area is 141 Å². The summed E-state index contributed by atoms with van der Waals surface area (Å²) in [6, 6.07) is 0. The van der Waals surface area contributed by atoms with Crippen molar-refractivity contribution >= 4 is 6.16 Å². The number of fused-ring (bicyclic) bond motifs is 1. The Morgan fingerprint density at radius 3 is 1.65 bits per heavy atom. The third kappa shape index (κ3) is 5.26. The minimum atomic E-state index is -0.482. The van der Waals surface area contributed by atoms with E-state index in [1.807, 2.05) is 0 Å². The molecule has 0 amide bonds. The van der Waals surface area contributed by atoms with Gasteiger partial charge >= 0.3 is 6.16 Å². The molecule has 0 radical (unpaired) electrons. The van der Waals surface area contributed by atoms with Crippen LogP contribution in [0.3, 0.4) is 0 Å². The molecular weight excluding hydrogens is 288 g/mol. The van der Waals surface area contributed by atoms with E-state index < -0.39 is 17.4 Å². The normalized spacial score (nSPS) is 36.3. The summed E-state index contributed by atoms with van der Waals surface area (Å²) in [5.74, 6) is 0. The first kappa shape index (κ1) is 18.4. The Kier molecular flexibility index (Phi) is 6.98. The lowest BCUT2D eigenvalue weighted by Crippen LogP contribution is -2.47. The second kappa shape index (κ2) is 8.75. The molecule has 0 aromatic carbocycles. The van der Waals surface area contributed by atoms with Crippen molar-refractivity contribution in [2.45, 2.75) is 109 Å². The van der Waals surface area contributed by atoms with Crippen molar-refractivity contribution in [3.8, 4) is 0 Å². The maximum absolute atomic E-state index is 11.7. The number of carbonyl (C=O) groups excluding carboxylic acids is 1. The van der Waals surface area contributed by atoms with Crippen molar-refractivity contribution in [2.75, 3.05) is 0 Å². The third-order valence-corrected chi connectivity index (χ3v) is 5.70. The number of hydrogen-bond acceptors (Lipinski definition) is 3. The molecule has 0 saturated carbocycles. The SMILES string of the molecule is C[C@@]12CCCC/C=C/CCCCCCCCC[C@@]1(C)OC(=O)O2. The van der Waals surface area contributed by atoms with Crippen molar-refractivity contribution in [1.82, 2.24) is 0 Å². The summed E-state index contributed by atoms with van der Waals surface area (Å²) >= 11 is 0. The van der Waals surface area contributed by atoms with E-state index >= 15 is 0 Å². The van der Waals surface area contributed by atoms with Crippen LogP contribution < -0.4 is 0 Å². The van der Waals surface area contributed by atoms with Gasteiger partial charge in [-0.05, 0) is 65.2 Å². The van der Waals surface area contributed by atoms with Gasteiger partial charge < -0.3 is 9.47 Å². The van der Waals surface area contributed by atoms with Crippen molar-refractivity contribution in [1.29, 1.82) is 0 Å². The average Bonchev–Trinajstić information content (AvgIpc) is 2.72. The zero-order valence-corrected chi connectivity index (χ0v) is 15.1. The molecule has 0 N–H and O–H groups in total. The monoisotopic (exact) mass is 322 g/mol. The Bertz CT molecular complexity index is 404. The topological polar surface area (TPSA) is 35.5 Å². The maximum atomic E-state index is 11.7. The quantitative estimate of drug-likeness (QED) is 0.387. The van der Waals surface area contributed by atoms with Gasteiger partial charge in [0, 0.05) is 0 Å². The highest BCUT2D eigenvalue weighted by Gasteiger charge is 2.56. The minimum absolute atomic E-state index is 0.464. The lowest BCUT2D eigenvalue weighted by atomic mass is 9.78. The fraction of sp³-hybridized carbons (Fsp3) is 0.850. The van der Waals surface area contributed by atoms with Gasteiger partial charge in [-0.2, -0.15) is 0 Å². The van der Waals surface area contributed by atoms with E-state index in [2.05, 4.69) is 26.0 Å². The second-order valence-electron chi connectivity index (χ2n) is 7.65. The smallest absolute Gasteiger partial charge is 0.424 e. The fourth-order valence-corrected chi connectivity index (χ4v) is 3.80. The van der Waals surface area contributed by atoms with E-state index in [-0.39, 0.29) is 0 Å². The van der Waals surface area contributed by atoms with E-state index in [0.717, 1.165) is 38.5 Å². The van der Waals surface area contributed by atoms with E-state index in [1.165, 1.54) is 44.9 Å². The maximum Gasteiger partial charge on any atom is 0.509 e. The van der Waals surface area contributed by atoms with Gasteiger partial charge in [-0.1, -0.05) is 44.3 Å². The van der Waals surface area contributed by atoms with Crippen LogP contribution in [0, 0.1) is 0 Å². The molecule has 0 aromatic heterocycles. The van der Waals surface area contributed by atoms with Crippen LogP contribution in [-0.4, -0.2) is 17.4 Å². The number of carbonyl (C=O) groups is 1. The van der Waals surface area contributed by atoms with Gasteiger partial charge in [-0.3, -0.25) is 0 Å². The van der Waals surface area contributed by atoms with E-state index in [9.17, 15) is 4.79 Å². The van der Waals surface area contributed by atoms with E-state index in [4.69, 9.17) is 9.47 Å². The van der Waals surface area contributed by atoms with Crippen LogP contribution in [0.2, 0.25) is 0 Å². The summed E-state index contributed by atoms with van der Waals surface area (Å²) in [6.07, 6.45) is 19.5. The zero-order valence-electron chi connectivity index (χ0n) is 15.1. The molecule has 2 rings (SSSR count). The van der Waals surface area contributed by atoms with Crippen LogP contribution >= 0.6 is 0 Å². The summed E-state index contributed by atoms with van der Waals surface area (Å²) in [4.78, 5) is 11.7. The second-order valence-corrected chi connectivity index (χ2v) is 7.65. The average molecular weight is 322 g/mol. The number of rotatable bonds is 0. The highest BCUT2D eigenvalue weighted by Crippen LogP contribution is 2.43. The van der Waals surface area contributed by atoms with Gasteiger partial charge in [0.1, 0.15) is 0 Å². The van der Waals surface area contributed by atoms with Crippen molar-refractivity contribution in [3.05, 3.63) is 12.2 Å². The van der Waals surface area contributed by atoms with Gasteiger partial charge in [-0.15, -0.1) is 0 Å². The van der Waals surface area contributed by atoms with Crippen molar-refractivity contribution in [2.24, 2.45) is 0 Å². The molecule has 1 saturated heterocycles. The molecule has 1 heterocycles. The third-order valence-electron chi connectivity index (χ3n) is 5.70. The highest BCUT2D eigenvalue weighted by molar-refractivity contribution is 5.64. The Balaban J connectivity index is 1.94. The van der Waals surface area contributed by atoms with Gasteiger partial charge in [-0.25, -0.2) is 4.79 Å². The fourth-order valence-electron chi connectivity index (χ4n) is 3.80. The van der Waals surface area contributed by atoms with Gasteiger partial charge in [0.25, 0.3) is 0 Å². The van der Waals surface area contributed by atoms with Crippen LogP contribution in [0.5, 0.6) is 0 Å². The molecule has 1 aliphatic heterocycles. The van der Waals surface area contributed by atoms with Gasteiger partial charge in [0.15, 0.2) is 11.2 Å². The molecule has 1 aliphatic carbocycles. The molecule has 3 nitrogen and oxygen atoms in total.